The second-order valence-corrected chi connectivity index (χ2v) is 7.36. The van der Waals surface area contributed by atoms with Gasteiger partial charge in [0.2, 0.25) is 0 Å². The van der Waals surface area contributed by atoms with E-state index >= 15 is 0 Å². The first-order valence-electron chi connectivity index (χ1n) is 9.34. The fourth-order valence-corrected chi connectivity index (χ4v) is 3.42. The average Bonchev–Trinajstić information content (AvgIpc) is 2.75. The molecule has 0 saturated carbocycles. The highest BCUT2D eigenvalue weighted by atomic mass is 35.5. The molecule has 4 N–H and O–H groups in total. The molecule has 0 aromatic heterocycles. The van der Waals surface area contributed by atoms with E-state index in [-0.39, 0.29) is 5.76 Å². The van der Waals surface area contributed by atoms with Crippen LogP contribution in [-0.2, 0) is 15.9 Å². The number of halogens is 1. The molecule has 0 amide bonds. The Morgan fingerprint density at radius 1 is 1.10 bits per heavy atom. The minimum absolute atomic E-state index is 0.209. The molecule has 0 unspecified atom stereocenters. The van der Waals surface area contributed by atoms with Gasteiger partial charge in [-0.25, -0.2) is 0 Å². The van der Waals surface area contributed by atoms with Gasteiger partial charge < -0.3 is 29.9 Å². The van der Waals surface area contributed by atoms with Crippen molar-refractivity contribution in [1.82, 2.24) is 0 Å². The minimum Gasteiger partial charge on any atom is -0.512 e. The Bertz CT molecular complexity index is 960. The molecule has 0 bridgehead atoms. The average molecular weight is 431 g/mol. The number of benzene rings is 2. The van der Waals surface area contributed by atoms with Crippen molar-refractivity contribution in [2.45, 2.75) is 30.8 Å². The third-order valence-corrected chi connectivity index (χ3v) is 5.23. The molecule has 1 aliphatic rings. The molecule has 158 valence electrons. The zero-order valence-electron chi connectivity index (χ0n) is 16.3. The number of ether oxygens (including phenoxy) is 2. The Kier molecular flexibility index (Phi) is 7.38. The first-order valence-corrected chi connectivity index (χ1v) is 9.72. The van der Waals surface area contributed by atoms with Gasteiger partial charge in [0.1, 0.15) is 31.2 Å². The van der Waals surface area contributed by atoms with Gasteiger partial charge in [-0.1, -0.05) is 47.7 Å². The van der Waals surface area contributed by atoms with Gasteiger partial charge >= 0.3 is 0 Å². The van der Waals surface area contributed by atoms with Gasteiger partial charge in [-0.15, -0.1) is 0 Å². The summed E-state index contributed by atoms with van der Waals surface area (Å²) in [6.07, 6.45) is -4.21. The maximum atomic E-state index is 10.3. The van der Waals surface area contributed by atoms with Crippen LogP contribution in [0.1, 0.15) is 28.4 Å². The second-order valence-electron chi connectivity index (χ2n) is 6.96. The molecule has 4 atom stereocenters. The third kappa shape index (κ3) is 4.96. The van der Waals surface area contributed by atoms with Gasteiger partial charge in [0.15, 0.2) is 11.9 Å². The molecule has 1 heterocycles. The first kappa shape index (κ1) is 22.2. The van der Waals surface area contributed by atoms with Gasteiger partial charge in [-0.3, -0.25) is 0 Å². The molecule has 7 heteroatoms. The molecule has 6 nitrogen and oxygen atoms in total. The van der Waals surface area contributed by atoms with E-state index < -0.39 is 24.4 Å². The van der Waals surface area contributed by atoms with Crippen molar-refractivity contribution >= 4 is 11.6 Å². The van der Waals surface area contributed by atoms with Gasteiger partial charge in [-0.2, -0.15) is 0 Å². The molecule has 0 spiro atoms. The van der Waals surface area contributed by atoms with E-state index in [0.29, 0.717) is 29.9 Å². The zero-order valence-corrected chi connectivity index (χ0v) is 17.1. The van der Waals surface area contributed by atoms with Crippen LogP contribution in [0.2, 0.25) is 5.02 Å². The lowest BCUT2D eigenvalue weighted by Crippen LogP contribution is -2.47. The molecular formula is C23H23ClO6. The molecule has 1 saturated heterocycles. The molecule has 3 rings (SSSR count). The van der Waals surface area contributed by atoms with E-state index in [2.05, 4.69) is 11.8 Å². The molecular weight excluding hydrogens is 408 g/mol. The van der Waals surface area contributed by atoms with Crippen LogP contribution in [0.3, 0.4) is 0 Å². The van der Waals surface area contributed by atoms with Crippen molar-refractivity contribution in [2.75, 3.05) is 13.7 Å². The highest BCUT2D eigenvalue weighted by Crippen LogP contribution is 2.35. The van der Waals surface area contributed by atoms with Crippen molar-refractivity contribution < 1.29 is 29.9 Å². The normalized spacial score (nSPS) is 24.8. The summed E-state index contributed by atoms with van der Waals surface area (Å²) in [5.74, 6) is 5.70. The summed E-state index contributed by atoms with van der Waals surface area (Å²) in [5, 5.41) is 40.1. The van der Waals surface area contributed by atoms with E-state index in [4.69, 9.17) is 21.1 Å². The van der Waals surface area contributed by atoms with E-state index in [9.17, 15) is 20.4 Å². The Morgan fingerprint density at radius 2 is 1.83 bits per heavy atom. The Hall–Kier alpha value is -2.53. The van der Waals surface area contributed by atoms with Crippen LogP contribution >= 0.6 is 11.6 Å². The summed E-state index contributed by atoms with van der Waals surface area (Å²) in [5.41, 5.74) is 3.26. The fourth-order valence-electron chi connectivity index (χ4n) is 3.24. The lowest BCUT2D eigenvalue weighted by molar-refractivity contribution is -0.159. The molecule has 1 aliphatic heterocycles. The SMILES string of the molecule is COCC#Cc1ccc(Cc2cc([C@@H]3O/C(=C\O)[C@@H](O)[C@H](O)[C@H]3O)ccc2Cl)cc1. The summed E-state index contributed by atoms with van der Waals surface area (Å²) < 4.78 is 10.4. The van der Waals surface area contributed by atoms with Crippen LogP contribution in [0.25, 0.3) is 0 Å². The number of aliphatic hydroxyl groups is 4. The van der Waals surface area contributed by atoms with Crippen molar-refractivity contribution in [3.05, 3.63) is 81.8 Å². The summed E-state index contributed by atoms with van der Waals surface area (Å²) >= 11 is 6.36. The Morgan fingerprint density at radius 3 is 2.50 bits per heavy atom. The zero-order chi connectivity index (χ0) is 21.7. The number of hydrogen-bond donors (Lipinski definition) is 4. The molecule has 2 aromatic rings. The summed E-state index contributed by atoms with van der Waals surface area (Å²) in [6.45, 7) is 0.373. The lowest BCUT2D eigenvalue weighted by Gasteiger charge is -2.37. The topological polar surface area (TPSA) is 99.4 Å². The van der Waals surface area contributed by atoms with Crippen LogP contribution in [0.5, 0.6) is 0 Å². The predicted molar refractivity (Wildman–Crippen MR) is 112 cm³/mol. The van der Waals surface area contributed by atoms with Crippen LogP contribution in [0.15, 0.2) is 54.5 Å². The highest BCUT2D eigenvalue weighted by molar-refractivity contribution is 6.31. The molecule has 2 aromatic carbocycles. The van der Waals surface area contributed by atoms with Gasteiger partial charge in [0, 0.05) is 17.7 Å². The molecule has 30 heavy (non-hydrogen) atoms. The van der Waals surface area contributed by atoms with Crippen molar-refractivity contribution in [3.63, 3.8) is 0 Å². The smallest absolute Gasteiger partial charge is 0.162 e. The van der Waals surface area contributed by atoms with Crippen molar-refractivity contribution in [2.24, 2.45) is 0 Å². The number of hydrogen-bond acceptors (Lipinski definition) is 6. The van der Waals surface area contributed by atoms with Crippen LogP contribution in [-0.4, -0.2) is 52.5 Å². The molecule has 0 radical (unpaired) electrons. The number of rotatable bonds is 4. The van der Waals surface area contributed by atoms with Crippen molar-refractivity contribution in [1.29, 1.82) is 0 Å². The number of methoxy groups -OCH3 is 1. The second kappa shape index (κ2) is 9.98. The Labute approximate surface area is 180 Å². The lowest BCUT2D eigenvalue weighted by atomic mass is 9.91. The standard InChI is InChI=1S/C23H23ClO6/c1-29-10-2-3-14-4-6-15(7-5-14)11-17-12-16(8-9-18(17)24)23-22(28)21(27)20(26)19(13-25)30-23/h4-9,12-13,20-23,25-28H,10-11H2,1H3/b19-13-/t20-,21+,22-,23+/m1/s1. The van der Waals surface area contributed by atoms with E-state index in [0.717, 1.165) is 16.7 Å². The number of aliphatic hydroxyl groups excluding tert-OH is 4. The van der Waals surface area contributed by atoms with Gasteiger partial charge in [0.25, 0.3) is 0 Å². The van der Waals surface area contributed by atoms with Crippen LogP contribution < -0.4 is 0 Å². The summed E-state index contributed by atoms with van der Waals surface area (Å²) in [6, 6.07) is 12.9. The predicted octanol–water partition coefficient (Wildman–Crippen LogP) is 2.48. The van der Waals surface area contributed by atoms with Gasteiger partial charge in [0.05, 0.1) is 0 Å². The summed E-state index contributed by atoms with van der Waals surface area (Å²) in [7, 11) is 1.59. The van der Waals surface area contributed by atoms with Crippen LogP contribution in [0, 0.1) is 11.8 Å². The van der Waals surface area contributed by atoms with E-state index in [1.807, 2.05) is 24.3 Å². The van der Waals surface area contributed by atoms with E-state index in [1.165, 1.54) is 0 Å². The van der Waals surface area contributed by atoms with Crippen molar-refractivity contribution in [3.8, 4) is 11.8 Å². The summed E-state index contributed by atoms with van der Waals surface area (Å²) in [4.78, 5) is 0. The largest absolute Gasteiger partial charge is 0.512 e. The molecule has 0 aliphatic carbocycles. The molecule has 1 fully saturated rings. The first-order chi connectivity index (χ1) is 14.4. The third-order valence-electron chi connectivity index (χ3n) is 4.86. The minimum atomic E-state index is -1.50. The highest BCUT2D eigenvalue weighted by Gasteiger charge is 2.42. The quantitative estimate of drug-likeness (QED) is 0.439. The monoisotopic (exact) mass is 430 g/mol. The van der Waals surface area contributed by atoms with E-state index in [1.54, 1.807) is 25.3 Å². The Balaban J connectivity index is 1.81. The van der Waals surface area contributed by atoms with Gasteiger partial charge in [-0.05, 0) is 41.3 Å². The fraction of sp³-hybridized carbons (Fsp3) is 0.304. The maximum Gasteiger partial charge on any atom is 0.162 e. The van der Waals surface area contributed by atoms with Crippen LogP contribution in [0.4, 0.5) is 0 Å². The maximum absolute atomic E-state index is 10.3.